The van der Waals surface area contributed by atoms with Crippen molar-refractivity contribution in [3.63, 3.8) is 0 Å². The average molecular weight is 295 g/mol. The number of benzene rings is 1. The number of halogens is 1. The quantitative estimate of drug-likeness (QED) is 0.870. The minimum Gasteiger partial charge on any atom is -0.406 e. The van der Waals surface area contributed by atoms with E-state index in [0.29, 0.717) is 0 Å². The van der Waals surface area contributed by atoms with E-state index in [2.05, 4.69) is 15.4 Å². The highest BCUT2D eigenvalue weighted by Crippen LogP contribution is 2.19. The van der Waals surface area contributed by atoms with Gasteiger partial charge in [-0.3, -0.25) is 0 Å². The van der Waals surface area contributed by atoms with Crippen LogP contribution in [0.25, 0.3) is 0 Å². The van der Waals surface area contributed by atoms with Gasteiger partial charge in [0, 0.05) is 23.5 Å². The summed E-state index contributed by atoms with van der Waals surface area (Å²) < 4.78 is 0. The van der Waals surface area contributed by atoms with Gasteiger partial charge in [-0.1, -0.05) is 11.6 Å². The number of rotatable bonds is 3. The molecule has 0 amide bonds. The lowest BCUT2D eigenvalue weighted by molar-refractivity contribution is -0.0620. The number of piperazine rings is 1. The highest BCUT2D eigenvalue weighted by molar-refractivity contribution is 7.07. The van der Waals surface area contributed by atoms with Crippen LogP contribution in [0.1, 0.15) is 0 Å². The summed E-state index contributed by atoms with van der Waals surface area (Å²) in [4.78, 5) is 12.2. The van der Waals surface area contributed by atoms with Crippen LogP contribution in [0.2, 0.25) is 5.02 Å². The molecule has 6 heteroatoms. The van der Waals surface area contributed by atoms with Gasteiger partial charge in [-0.15, -0.1) is 16.4 Å². The number of thiazole rings is 1. The van der Waals surface area contributed by atoms with Crippen LogP contribution >= 0.6 is 22.9 Å². The molecule has 1 saturated heterocycles. The topological polar surface area (TPSA) is 28.6 Å². The van der Waals surface area contributed by atoms with E-state index in [0.717, 1.165) is 42.8 Å². The lowest BCUT2D eigenvalue weighted by Gasteiger charge is -2.33. The zero-order valence-electron chi connectivity index (χ0n) is 10.3. The Labute approximate surface area is 121 Å². The van der Waals surface area contributed by atoms with E-state index in [1.54, 1.807) is 0 Å². The monoisotopic (exact) mass is 294 g/mol. The Morgan fingerprint density at radius 2 is 1.89 bits per heavy atom. The summed E-state index contributed by atoms with van der Waals surface area (Å²) in [6.07, 6.45) is 0. The van der Waals surface area contributed by atoms with Crippen LogP contribution in [0.15, 0.2) is 29.6 Å². The van der Waals surface area contributed by atoms with Crippen LogP contribution < -0.4 is 9.74 Å². The van der Waals surface area contributed by atoms with Crippen LogP contribution in [0.5, 0.6) is 5.75 Å². The Hall–Kier alpha value is -1.30. The van der Waals surface area contributed by atoms with Gasteiger partial charge in [-0.2, -0.15) is 0 Å². The molecule has 0 bridgehead atoms. The second-order valence-electron chi connectivity index (χ2n) is 4.26. The molecule has 19 heavy (non-hydrogen) atoms. The molecule has 1 aliphatic rings. The molecule has 2 aromatic rings. The smallest absolute Gasteiger partial charge is 0.154 e. The Balaban J connectivity index is 1.54. The lowest BCUT2D eigenvalue weighted by atomic mass is 10.3. The van der Waals surface area contributed by atoms with E-state index in [-0.39, 0.29) is 0 Å². The van der Waals surface area contributed by atoms with Gasteiger partial charge < -0.3 is 9.74 Å². The summed E-state index contributed by atoms with van der Waals surface area (Å²) in [5.41, 5.74) is 2.88. The van der Waals surface area contributed by atoms with Crippen molar-refractivity contribution >= 4 is 28.8 Å². The predicted molar refractivity (Wildman–Crippen MR) is 76.8 cm³/mol. The third-order valence-corrected chi connectivity index (χ3v) is 3.77. The highest BCUT2D eigenvalue weighted by atomic mass is 35.5. The molecule has 0 saturated carbocycles. The number of hydrogen-bond donors (Lipinski definition) is 0. The molecule has 0 N–H and O–H groups in total. The molecular weight excluding hydrogens is 282 g/mol. The molecule has 2 heterocycles. The fraction of sp³-hybridized carbons (Fsp3) is 0.308. The Morgan fingerprint density at radius 3 is 2.53 bits per heavy atom. The summed E-state index contributed by atoms with van der Waals surface area (Å²) in [5.74, 6) is 1.83. The van der Waals surface area contributed by atoms with Gasteiger partial charge >= 0.3 is 0 Å². The maximum absolute atomic E-state index is 5.85. The number of anilines is 1. The van der Waals surface area contributed by atoms with E-state index in [9.17, 15) is 0 Å². The number of nitrogens with zero attached hydrogens (tertiary/aromatic N) is 3. The number of hydroxylamine groups is 2. The molecule has 0 unspecified atom stereocenters. The fourth-order valence-corrected chi connectivity index (χ4v) is 2.61. The summed E-state index contributed by atoms with van der Waals surface area (Å²) in [6.45, 7) is 3.51. The van der Waals surface area contributed by atoms with Crippen LogP contribution in [-0.2, 0) is 0 Å². The fourth-order valence-electron chi connectivity index (χ4n) is 1.98. The van der Waals surface area contributed by atoms with Gasteiger partial charge in [0.25, 0.3) is 0 Å². The third-order valence-electron chi connectivity index (χ3n) is 2.99. The molecule has 3 rings (SSSR count). The second kappa shape index (κ2) is 5.77. The minimum atomic E-state index is 0.719. The molecule has 0 spiro atoms. The van der Waals surface area contributed by atoms with Gasteiger partial charge in [-0.05, 0) is 24.3 Å². The minimum absolute atomic E-state index is 0.719. The Kier molecular flexibility index (Phi) is 3.87. The zero-order valence-corrected chi connectivity index (χ0v) is 11.8. The second-order valence-corrected chi connectivity index (χ2v) is 5.35. The molecule has 0 atom stereocenters. The van der Waals surface area contributed by atoms with Gasteiger partial charge in [0.15, 0.2) is 5.51 Å². The zero-order chi connectivity index (χ0) is 13.1. The molecule has 0 aliphatic carbocycles. The Bertz CT molecular complexity index is 509. The maximum atomic E-state index is 5.85. The van der Waals surface area contributed by atoms with E-state index in [1.807, 2.05) is 34.7 Å². The van der Waals surface area contributed by atoms with Crippen LogP contribution in [0.3, 0.4) is 0 Å². The first-order chi connectivity index (χ1) is 9.31. The van der Waals surface area contributed by atoms with E-state index in [4.69, 9.17) is 16.4 Å². The van der Waals surface area contributed by atoms with Crippen molar-refractivity contribution in [1.29, 1.82) is 0 Å². The summed E-state index contributed by atoms with van der Waals surface area (Å²) in [6, 6.07) is 7.42. The molecule has 4 nitrogen and oxygen atoms in total. The van der Waals surface area contributed by atoms with Crippen molar-refractivity contribution in [2.24, 2.45) is 0 Å². The SMILES string of the molecule is Clc1ccc(ON2CCN(c3cs[c]n3)CC2)cc1. The van der Waals surface area contributed by atoms with Gasteiger partial charge in [0.1, 0.15) is 11.6 Å². The van der Waals surface area contributed by atoms with Crippen molar-refractivity contribution in [3.8, 4) is 5.75 Å². The van der Waals surface area contributed by atoms with Crippen molar-refractivity contribution in [1.82, 2.24) is 10.0 Å². The van der Waals surface area contributed by atoms with Crippen LogP contribution in [0, 0.1) is 5.51 Å². The largest absolute Gasteiger partial charge is 0.406 e. The summed E-state index contributed by atoms with van der Waals surface area (Å²) in [5, 5.41) is 4.71. The van der Waals surface area contributed by atoms with Crippen molar-refractivity contribution in [3.05, 3.63) is 40.2 Å². The van der Waals surface area contributed by atoms with Gasteiger partial charge in [0.2, 0.25) is 0 Å². The average Bonchev–Trinajstić information content (AvgIpc) is 2.96. The van der Waals surface area contributed by atoms with E-state index in [1.165, 1.54) is 11.3 Å². The van der Waals surface area contributed by atoms with Crippen LogP contribution in [0.4, 0.5) is 5.82 Å². The number of hydrogen-bond acceptors (Lipinski definition) is 5. The van der Waals surface area contributed by atoms with Crippen molar-refractivity contribution in [2.75, 3.05) is 31.1 Å². The molecule has 1 aromatic carbocycles. The number of aromatic nitrogens is 1. The predicted octanol–water partition coefficient (Wildman–Crippen LogP) is 2.71. The molecule has 1 radical (unpaired) electrons. The van der Waals surface area contributed by atoms with Gasteiger partial charge in [-0.25, -0.2) is 4.98 Å². The first-order valence-corrected chi connectivity index (χ1v) is 7.32. The maximum Gasteiger partial charge on any atom is 0.154 e. The van der Waals surface area contributed by atoms with E-state index >= 15 is 0 Å². The lowest BCUT2D eigenvalue weighted by Crippen LogP contribution is -2.47. The van der Waals surface area contributed by atoms with Crippen molar-refractivity contribution in [2.45, 2.75) is 0 Å². The standard InChI is InChI=1S/C13H13ClN3OS/c14-11-1-3-12(4-2-11)18-17-7-5-16(6-8-17)13-9-19-10-15-13/h1-4,9H,5-8H2. The van der Waals surface area contributed by atoms with Crippen molar-refractivity contribution < 1.29 is 4.84 Å². The normalized spacial score (nSPS) is 16.6. The first-order valence-electron chi connectivity index (χ1n) is 6.06. The Morgan fingerprint density at radius 1 is 1.16 bits per heavy atom. The molecule has 1 fully saturated rings. The molecule has 1 aromatic heterocycles. The van der Waals surface area contributed by atoms with Crippen LogP contribution in [-0.4, -0.2) is 36.2 Å². The first kappa shape index (κ1) is 12.7. The van der Waals surface area contributed by atoms with Gasteiger partial charge in [0.05, 0.1) is 13.1 Å². The molecular formula is C13H13ClN3OS. The van der Waals surface area contributed by atoms with E-state index < -0.39 is 0 Å². The summed E-state index contributed by atoms with van der Waals surface area (Å²) in [7, 11) is 0. The highest BCUT2D eigenvalue weighted by Gasteiger charge is 2.19. The molecule has 99 valence electrons. The third kappa shape index (κ3) is 3.18. The molecule has 1 aliphatic heterocycles. The summed E-state index contributed by atoms with van der Waals surface area (Å²) >= 11 is 7.35.